The maximum atomic E-state index is 12.3. The number of guanidine groups is 1. The zero-order chi connectivity index (χ0) is 19.2. The maximum Gasteiger partial charge on any atom is 0.247 e. The van der Waals surface area contributed by atoms with E-state index in [1.165, 1.54) is 24.8 Å². The molecule has 2 N–H and O–H groups in total. The summed E-state index contributed by atoms with van der Waals surface area (Å²) in [6.07, 6.45) is 2.98. The molecule has 1 aliphatic rings. The normalized spacial score (nSPS) is 21.9. The van der Waals surface area contributed by atoms with Gasteiger partial charge in [0.2, 0.25) is 28.3 Å². The highest BCUT2D eigenvalue weighted by atomic mass is 32.2. The summed E-state index contributed by atoms with van der Waals surface area (Å²) in [7, 11) is -2.21. The monoisotopic (exact) mass is 404 g/mol. The molecule has 0 saturated carbocycles. The summed E-state index contributed by atoms with van der Waals surface area (Å²) >= 11 is 1.38. The molecule has 1 aliphatic heterocycles. The van der Waals surface area contributed by atoms with Crippen molar-refractivity contribution in [3.63, 3.8) is 0 Å². The topological polar surface area (TPSA) is 125 Å². The van der Waals surface area contributed by atoms with Crippen LogP contribution in [0, 0.1) is 5.41 Å². The van der Waals surface area contributed by atoms with Crippen molar-refractivity contribution in [2.45, 2.75) is 12.5 Å². The van der Waals surface area contributed by atoms with Crippen molar-refractivity contribution >= 4 is 27.3 Å². The van der Waals surface area contributed by atoms with Crippen molar-refractivity contribution in [3.05, 3.63) is 41.9 Å². The molecule has 140 valence electrons. The Kier molecular flexibility index (Phi) is 4.00. The Hall–Kier alpha value is -2.79. The van der Waals surface area contributed by atoms with Crippen LogP contribution in [0.3, 0.4) is 0 Å². The Morgan fingerprint density at radius 3 is 2.85 bits per heavy atom. The van der Waals surface area contributed by atoms with E-state index in [0.717, 1.165) is 20.3 Å². The van der Waals surface area contributed by atoms with E-state index in [4.69, 9.17) is 9.83 Å². The summed E-state index contributed by atoms with van der Waals surface area (Å²) in [5, 5.41) is 19.1. The first kappa shape index (κ1) is 17.6. The van der Waals surface area contributed by atoms with Gasteiger partial charge in [0, 0.05) is 18.8 Å². The van der Waals surface area contributed by atoms with Gasteiger partial charge < -0.3 is 9.73 Å². The van der Waals surface area contributed by atoms with Crippen LogP contribution in [0.15, 0.2) is 41.3 Å². The molecule has 4 rings (SSSR count). The van der Waals surface area contributed by atoms with E-state index in [-0.39, 0.29) is 11.7 Å². The van der Waals surface area contributed by atoms with Gasteiger partial charge in [0.1, 0.15) is 10.5 Å². The molecule has 3 aromatic rings. The van der Waals surface area contributed by atoms with E-state index < -0.39 is 15.6 Å². The second-order valence-electron chi connectivity index (χ2n) is 6.38. The van der Waals surface area contributed by atoms with E-state index in [2.05, 4.69) is 20.5 Å². The standard InChI is InChI=1S/C16H16N6O3S2/c1-16(8-27(23,24)22(2)15(17)20-16)14-18-7-12(26-14)10-4-3-5-11(6-10)13-21-19-9-25-13/h3-7,9H,8H2,1-2H3,(H2,17,20)/t16-/m0/s1. The van der Waals surface area contributed by atoms with Crippen LogP contribution < -0.4 is 5.32 Å². The average Bonchev–Trinajstić information content (AvgIpc) is 3.31. The Bertz CT molecular complexity index is 1110. The van der Waals surface area contributed by atoms with Gasteiger partial charge in [-0.25, -0.2) is 17.7 Å². The molecule has 0 radical (unpaired) electrons. The van der Waals surface area contributed by atoms with Gasteiger partial charge in [-0.15, -0.1) is 21.5 Å². The summed E-state index contributed by atoms with van der Waals surface area (Å²) in [6.45, 7) is 1.74. The van der Waals surface area contributed by atoms with Crippen molar-refractivity contribution in [2.75, 3.05) is 12.8 Å². The minimum absolute atomic E-state index is 0.168. The Morgan fingerprint density at radius 1 is 1.37 bits per heavy atom. The molecule has 3 heterocycles. The molecule has 0 unspecified atom stereocenters. The smallest absolute Gasteiger partial charge is 0.247 e. The lowest BCUT2D eigenvalue weighted by molar-refractivity contribution is 0.417. The van der Waals surface area contributed by atoms with Crippen molar-refractivity contribution in [2.24, 2.45) is 0 Å². The van der Waals surface area contributed by atoms with Gasteiger partial charge in [-0.05, 0) is 24.6 Å². The van der Waals surface area contributed by atoms with Crippen LogP contribution in [-0.2, 0) is 15.6 Å². The molecular formula is C16H16N6O3S2. The molecule has 1 saturated heterocycles. The number of thiazole rings is 1. The quantitative estimate of drug-likeness (QED) is 0.682. The number of rotatable bonds is 3. The van der Waals surface area contributed by atoms with Crippen molar-refractivity contribution in [1.29, 1.82) is 5.41 Å². The second-order valence-corrected chi connectivity index (χ2v) is 9.41. The van der Waals surface area contributed by atoms with E-state index in [0.29, 0.717) is 10.9 Å². The highest BCUT2D eigenvalue weighted by Gasteiger charge is 2.43. The van der Waals surface area contributed by atoms with Gasteiger partial charge in [0.05, 0.1) is 10.6 Å². The van der Waals surface area contributed by atoms with E-state index >= 15 is 0 Å². The first-order chi connectivity index (χ1) is 12.8. The predicted octanol–water partition coefficient (Wildman–Crippen LogP) is 1.87. The number of benzene rings is 1. The van der Waals surface area contributed by atoms with Crippen molar-refractivity contribution in [3.8, 4) is 21.9 Å². The predicted molar refractivity (Wildman–Crippen MR) is 101 cm³/mol. The molecule has 1 atom stereocenters. The fourth-order valence-electron chi connectivity index (χ4n) is 2.86. The number of hydrogen-bond acceptors (Lipinski definition) is 8. The van der Waals surface area contributed by atoms with Gasteiger partial charge in [-0.2, -0.15) is 0 Å². The second kappa shape index (κ2) is 6.13. The number of aromatic nitrogens is 3. The van der Waals surface area contributed by atoms with Crippen LogP contribution >= 0.6 is 11.3 Å². The minimum Gasteiger partial charge on any atom is -0.423 e. The third kappa shape index (κ3) is 3.08. The van der Waals surface area contributed by atoms with E-state index in [1.54, 1.807) is 13.1 Å². The summed E-state index contributed by atoms with van der Waals surface area (Å²) < 4.78 is 30.8. The molecule has 0 aliphatic carbocycles. The zero-order valence-electron chi connectivity index (χ0n) is 14.5. The molecule has 0 spiro atoms. The molecule has 27 heavy (non-hydrogen) atoms. The Balaban J connectivity index is 1.68. The lowest BCUT2D eigenvalue weighted by atomic mass is 10.1. The largest absolute Gasteiger partial charge is 0.423 e. The van der Waals surface area contributed by atoms with E-state index in [1.807, 2.05) is 24.3 Å². The summed E-state index contributed by atoms with van der Waals surface area (Å²) in [5.74, 6) is 0.0809. The third-order valence-corrected chi connectivity index (χ3v) is 7.60. The van der Waals surface area contributed by atoms with Crippen molar-refractivity contribution < 1.29 is 12.8 Å². The molecular weight excluding hydrogens is 388 g/mol. The highest BCUT2D eigenvalue weighted by molar-refractivity contribution is 7.89. The van der Waals surface area contributed by atoms with Gasteiger partial charge in [0.15, 0.2) is 0 Å². The Morgan fingerprint density at radius 2 is 2.15 bits per heavy atom. The number of sulfonamides is 1. The summed E-state index contributed by atoms with van der Waals surface area (Å²) in [5.41, 5.74) is 0.729. The molecule has 2 aromatic heterocycles. The maximum absolute atomic E-state index is 12.3. The fraction of sp³-hybridized carbons (Fsp3) is 0.250. The van der Waals surface area contributed by atoms with Crippen LogP contribution in [0.4, 0.5) is 0 Å². The van der Waals surface area contributed by atoms with Crippen LogP contribution in [0.5, 0.6) is 0 Å². The first-order valence-electron chi connectivity index (χ1n) is 7.95. The first-order valence-corrected chi connectivity index (χ1v) is 10.4. The van der Waals surface area contributed by atoms with Crippen molar-refractivity contribution in [1.82, 2.24) is 24.8 Å². The molecule has 0 amide bonds. The molecule has 1 fully saturated rings. The number of nitrogens with zero attached hydrogens (tertiary/aromatic N) is 4. The van der Waals surface area contributed by atoms with Gasteiger partial charge in [0.25, 0.3) is 0 Å². The highest BCUT2D eigenvalue weighted by Crippen LogP contribution is 2.35. The van der Waals surface area contributed by atoms with Gasteiger partial charge in [-0.3, -0.25) is 5.41 Å². The van der Waals surface area contributed by atoms with E-state index in [9.17, 15) is 8.42 Å². The summed E-state index contributed by atoms with van der Waals surface area (Å²) in [6, 6.07) is 7.59. The SMILES string of the molecule is CN1C(=N)N[C@](C)(c2ncc(-c3cccc(-c4nnco4)c3)s2)CS1(=O)=O. The lowest BCUT2D eigenvalue weighted by Gasteiger charge is -2.38. The zero-order valence-corrected chi connectivity index (χ0v) is 16.1. The van der Waals surface area contributed by atoms with Crippen LogP contribution in [0.1, 0.15) is 11.9 Å². The molecule has 1 aromatic carbocycles. The third-order valence-electron chi connectivity index (χ3n) is 4.33. The van der Waals surface area contributed by atoms with Gasteiger partial charge in [-0.1, -0.05) is 12.1 Å². The molecule has 11 heteroatoms. The summed E-state index contributed by atoms with van der Waals surface area (Å²) in [4.78, 5) is 5.30. The average molecular weight is 404 g/mol. The van der Waals surface area contributed by atoms with Crippen LogP contribution in [-0.4, -0.2) is 46.7 Å². The Labute approximate surface area is 159 Å². The fourth-order valence-corrected chi connectivity index (χ4v) is 5.42. The van der Waals surface area contributed by atoms with Crippen LogP contribution in [0.2, 0.25) is 0 Å². The number of nitrogens with one attached hydrogen (secondary N) is 2. The number of hydrogen-bond donors (Lipinski definition) is 2. The van der Waals surface area contributed by atoms with Crippen LogP contribution in [0.25, 0.3) is 21.9 Å². The minimum atomic E-state index is -3.57. The van der Waals surface area contributed by atoms with Gasteiger partial charge >= 0.3 is 0 Å². The molecule has 0 bridgehead atoms. The lowest BCUT2D eigenvalue weighted by Crippen LogP contribution is -2.60. The molecule has 9 nitrogen and oxygen atoms in total.